The summed E-state index contributed by atoms with van der Waals surface area (Å²) in [6.07, 6.45) is 5.19. The Hall–Kier alpha value is -2.50. The lowest BCUT2D eigenvalue weighted by Crippen LogP contribution is -2.45. The highest BCUT2D eigenvalue weighted by Gasteiger charge is 2.35. The van der Waals surface area contributed by atoms with E-state index in [-0.39, 0.29) is 23.2 Å². The Kier molecular flexibility index (Phi) is 6.24. The predicted molar refractivity (Wildman–Crippen MR) is 135 cm³/mol. The quantitative estimate of drug-likeness (QED) is 0.445. The Morgan fingerprint density at radius 2 is 1.81 bits per heavy atom. The van der Waals surface area contributed by atoms with E-state index in [1.54, 1.807) is 12.1 Å². The number of hydrogen-bond donors (Lipinski definition) is 0. The summed E-state index contributed by atoms with van der Waals surface area (Å²) >= 11 is 6.93. The second-order valence-corrected chi connectivity index (χ2v) is 10.2. The normalized spacial score (nSPS) is 18.9. The monoisotopic (exact) mass is 466 g/mol. The van der Waals surface area contributed by atoms with E-state index in [4.69, 9.17) is 11.6 Å². The van der Waals surface area contributed by atoms with Gasteiger partial charge >= 0.3 is 0 Å². The first-order chi connectivity index (χ1) is 15.2. The highest BCUT2D eigenvalue weighted by molar-refractivity contribution is 8.18. The van der Waals surface area contributed by atoms with Gasteiger partial charge in [-0.3, -0.25) is 14.5 Å². The molecule has 0 atom stereocenters. The maximum absolute atomic E-state index is 12.9. The lowest BCUT2D eigenvalue weighted by molar-refractivity contribution is -0.123. The van der Waals surface area contributed by atoms with Crippen LogP contribution in [0.3, 0.4) is 0 Å². The largest absolute Gasteiger partial charge is 0.362 e. The standard InChI is InChI=1S/C26H27ClN2O2S/c1-5-12-29-22-11-8-19(13-21(22)17(2)15-26(29,3)4)14-23-24(30)28(25(31)32-23)16-18-6-9-20(27)10-7-18/h6-11,13-15H,5,12,16H2,1-4H3/b23-14+. The van der Waals surface area contributed by atoms with Crippen LogP contribution in [0.15, 0.2) is 53.4 Å². The minimum atomic E-state index is -0.256. The van der Waals surface area contributed by atoms with Crippen LogP contribution in [-0.4, -0.2) is 28.1 Å². The number of carbonyl (C=O) groups is 2. The molecule has 0 N–H and O–H groups in total. The zero-order chi connectivity index (χ0) is 23.0. The summed E-state index contributed by atoms with van der Waals surface area (Å²) in [5, 5.41) is 0.376. The van der Waals surface area contributed by atoms with Crippen LogP contribution in [0.25, 0.3) is 11.6 Å². The predicted octanol–water partition coefficient (Wildman–Crippen LogP) is 6.99. The van der Waals surface area contributed by atoms with Crippen LogP contribution in [0.2, 0.25) is 5.02 Å². The number of carbonyl (C=O) groups excluding carboxylic acids is 2. The van der Waals surface area contributed by atoms with Gasteiger partial charge in [-0.2, -0.15) is 0 Å². The zero-order valence-electron chi connectivity index (χ0n) is 18.8. The molecule has 1 saturated heterocycles. The first kappa shape index (κ1) is 22.7. The minimum Gasteiger partial charge on any atom is -0.362 e. The third-order valence-corrected chi connectivity index (χ3v) is 7.03. The average Bonchev–Trinajstić information content (AvgIpc) is 3.00. The molecule has 0 aliphatic carbocycles. The van der Waals surface area contributed by atoms with Crippen LogP contribution in [0, 0.1) is 0 Å². The molecule has 1 fully saturated rings. The maximum Gasteiger partial charge on any atom is 0.293 e. The van der Waals surface area contributed by atoms with E-state index < -0.39 is 0 Å². The van der Waals surface area contributed by atoms with E-state index >= 15 is 0 Å². The molecule has 4 nitrogen and oxygen atoms in total. The van der Waals surface area contributed by atoms with Gasteiger partial charge in [0.1, 0.15) is 0 Å². The molecule has 0 spiro atoms. The fraction of sp³-hybridized carbons (Fsp3) is 0.308. The SMILES string of the molecule is CCCN1c2ccc(/C=C3/SC(=O)N(Cc4ccc(Cl)cc4)C3=O)cc2C(C)=CC1(C)C. The van der Waals surface area contributed by atoms with Crippen molar-refractivity contribution < 1.29 is 9.59 Å². The van der Waals surface area contributed by atoms with Crippen molar-refractivity contribution in [2.24, 2.45) is 0 Å². The number of fused-ring (bicyclic) bond motifs is 1. The Labute approximate surface area is 198 Å². The smallest absolute Gasteiger partial charge is 0.293 e. The van der Waals surface area contributed by atoms with Crippen LogP contribution in [-0.2, 0) is 11.3 Å². The van der Waals surface area contributed by atoms with Gasteiger partial charge in [0.15, 0.2) is 0 Å². The van der Waals surface area contributed by atoms with Crippen molar-refractivity contribution in [3.8, 4) is 0 Å². The van der Waals surface area contributed by atoms with Crippen LogP contribution in [0.5, 0.6) is 0 Å². The van der Waals surface area contributed by atoms with E-state index in [9.17, 15) is 9.59 Å². The van der Waals surface area contributed by atoms with Crippen molar-refractivity contribution in [3.05, 3.63) is 75.2 Å². The van der Waals surface area contributed by atoms with Crippen molar-refractivity contribution in [2.75, 3.05) is 11.4 Å². The summed E-state index contributed by atoms with van der Waals surface area (Å²) in [7, 11) is 0. The van der Waals surface area contributed by atoms with Crippen molar-refractivity contribution in [1.29, 1.82) is 0 Å². The number of imide groups is 1. The Bertz CT molecular complexity index is 1140. The molecule has 2 aliphatic rings. The second kappa shape index (κ2) is 8.80. The number of amides is 2. The van der Waals surface area contributed by atoms with Crippen LogP contribution < -0.4 is 4.90 Å². The van der Waals surface area contributed by atoms with E-state index in [1.165, 1.54) is 21.7 Å². The Morgan fingerprint density at radius 1 is 1.09 bits per heavy atom. The zero-order valence-corrected chi connectivity index (χ0v) is 20.4. The number of hydrogen-bond acceptors (Lipinski definition) is 4. The number of thioether (sulfide) groups is 1. The van der Waals surface area contributed by atoms with Gasteiger partial charge in [0.05, 0.1) is 17.0 Å². The molecule has 2 aromatic carbocycles. The van der Waals surface area contributed by atoms with Crippen LogP contribution in [0.1, 0.15) is 50.8 Å². The fourth-order valence-electron chi connectivity index (χ4n) is 4.38. The number of anilines is 1. The molecule has 0 saturated carbocycles. The van der Waals surface area contributed by atoms with Gasteiger partial charge < -0.3 is 4.90 Å². The molecule has 2 aliphatic heterocycles. The number of allylic oxidation sites excluding steroid dienone is 1. The van der Waals surface area contributed by atoms with Crippen LogP contribution >= 0.6 is 23.4 Å². The molecule has 4 rings (SSSR count). The van der Waals surface area contributed by atoms with E-state index in [0.29, 0.717) is 9.93 Å². The summed E-state index contributed by atoms with van der Waals surface area (Å²) in [6, 6.07) is 13.5. The van der Waals surface area contributed by atoms with Gasteiger partial charge in [-0.05, 0) is 86.0 Å². The molecule has 0 aromatic heterocycles. The Balaban J connectivity index is 1.61. The van der Waals surface area contributed by atoms with Gasteiger partial charge in [-0.15, -0.1) is 0 Å². The molecule has 0 bridgehead atoms. The molecule has 2 amide bonds. The first-order valence-corrected chi connectivity index (χ1v) is 12.0. The summed E-state index contributed by atoms with van der Waals surface area (Å²) in [4.78, 5) is 29.6. The van der Waals surface area contributed by atoms with Gasteiger partial charge in [-0.1, -0.05) is 42.8 Å². The lowest BCUT2D eigenvalue weighted by atomic mass is 9.88. The number of benzene rings is 2. The van der Waals surface area contributed by atoms with Gasteiger partial charge in [-0.25, -0.2) is 0 Å². The molecular weight excluding hydrogens is 440 g/mol. The third-order valence-electron chi connectivity index (χ3n) is 5.87. The molecular formula is C26H27ClN2O2S. The second-order valence-electron chi connectivity index (χ2n) is 8.80. The number of rotatable bonds is 5. The van der Waals surface area contributed by atoms with E-state index in [1.807, 2.05) is 24.3 Å². The average molecular weight is 467 g/mol. The maximum atomic E-state index is 12.9. The summed E-state index contributed by atoms with van der Waals surface area (Å²) < 4.78 is 0. The van der Waals surface area contributed by atoms with Crippen molar-refractivity contribution in [2.45, 2.75) is 46.2 Å². The summed E-state index contributed by atoms with van der Waals surface area (Å²) in [5.41, 5.74) is 5.36. The number of nitrogens with zero attached hydrogens (tertiary/aromatic N) is 2. The van der Waals surface area contributed by atoms with Crippen molar-refractivity contribution in [3.63, 3.8) is 0 Å². The topological polar surface area (TPSA) is 40.6 Å². The summed E-state index contributed by atoms with van der Waals surface area (Å²) in [6.45, 7) is 10.0. The molecule has 32 heavy (non-hydrogen) atoms. The van der Waals surface area contributed by atoms with Crippen molar-refractivity contribution in [1.82, 2.24) is 4.90 Å². The molecule has 2 heterocycles. The molecule has 0 unspecified atom stereocenters. The van der Waals surface area contributed by atoms with Gasteiger partial charge in [0.2, 0.25) is 0 Å². The van der Waals surface area contributed by atoms with Gasteiger partial charge in [0.25, 0.3) is 11.1 Å². The van der Waals surface area contributed by atoms with E-state index in [0.717, 1.165) is 35.9 Å². The molecule has 166 valence electrons. The highest BCUT2D eigenvalue weighted by atomic mass is 35.5. The molecule has 0 radical (unpaired) electrons. The minimum absolute atomic E-state index is 0.0427. The highest BCUT2D eigenvalue weighted by Crippen LogP contribution is 2.40. The lowest BCUT2D eigenvalue weighted by Gasteiger charge is -2.43. The third kappa shape index (κ3) is 4.37. The number of halogens is 1. The van der Waals surface area contributed by atoms with Crippen molar-refractivity contribution >= 4 is 51.8 Å². The van der Waals surface area contributed by atoms with E-state index in [2.05, 4.69) is 50.8 Å². The molecule has 6 heteroatoms. The first-order valence-electron chi connectivity index (χ1n) is 10.8. The molecule has 2 aromatic rings. The summed E-state index contributed by atoms with van der Waals surface area (Å²) in [5.74, 6) is -0.256. The van der Waals surface area contributed by atoms with Crippen LogP contribution in [0.4, 0.5) is 10.5 Å². The fourth-order valence-corrected chi connectivity index (χ4v) is 5.35. The van der Waals surface area contributed by atoms with Gasteiger partial charge in [0, 0.05) is 22.8 Å². The Morgan fingerprint density at radius 3 is 2.50 bits per heavy atom.